The Bertz CT molecular complexity index is 948. The van der Waals surface area contributed by atoms with Crippen molar-refractivity contribution in [3.05, 3.63) is 66.4 Å². The summed E-state index contributed by atoms with van der Waals surface area (Å²) in [6, 6.07) is 11.2. The lowest BCUT2D eigenvalue weighted by molar-refractivity contribution is 0.102. The van der Waals surface area contributed by atoms with Crippen LogP contribution in [0.15, 0.2) is 54.9 Å². The van der Waals surface area contributed by atoms with Crippen LogP contribution in [0.25, 0.3) is 0 Å². The van der Waals surface area contributed by atoms with E-state index < -0.39 is 11.7 Å². The first kappa shape index (κ1) is 18.1. The van der Waals surface area contributed by atoms with Gasteiger partial charge in [0.2, 0.25) is 0 Å². The van der Waals surface area contributed by atoms with Crippen molar-refractivity contribution in [3.63, 3.8) is 0 Å². The zero-order chi connectivity index (χ0) is 19.2. The van der Waals surface area contributed by atoms with E-state index in [0.717, 1.165) is 0 Å². The molecule has 0 fully saturated rings. The predicted molar refractivity (Wildman–Crippen MR) is 99.2 cm³/mol. The highest BCUT2D eigenvalue weighted by Gasteiger charge is 2.11. The Morgan fingerprint density at radius 3 is 2.44 bits per heavy atom. The molecule has 0 saturated carbocycles. The lowest BCUT2D eigenvalue weighted by atomic mass is 10.2. The SMILES string of the molecule is COc1ccc(Nc2cnc(C(=O)Nc3ccccc3F)cn2)cc1OC. The van der Waals surface area contributed by atoms with E-state index in [4.69, 9.17) is 9.47 Å². The highest BCUT2D eigenvalue weighted by molar-refractivity contribution is 6.02. The van der Waals surface area contributed by atoms with Crippen LogP contribution in [0.1, 0.15) is 10.5 Å². The van der Waals surface area contributed by atoms with Crippen molar-refractivity contribution in [2.75, 3.05) is 24.9 Å². The molecule has 0 saturated heterocycles. The largest absolute Gasteiger partial charge is 0.493 e. The summed E-state index contributed by atoms with van der Waals surface area (Å²) in [7, 11) is 3.10. The average Bonchev–Trinajstić information content (AvgIpc) is 2.70. The lowest BCUT2D eigenvalue weighted by Gasteiger charge is -2.11. The maximum atomic E-state index is 13.6. The summed E-state index contributed by atoms with van der Waals surface area (Å²) in [5.41, 5.74) is 0.860. The third-order valence-corrected chi connectivity index (χ3v) is 3.66. The summed E-state index contributed by atoms with van der Waals surface area (Å²) in [6.07, 6.45) is 2.71. The van der Waals surface area contributed by atoms with Gasteiger partial charge in [0, 0.05) is 11.8 Å². The number of para-hydroxylation sites is 1. The minimum Gasteiger partial charge on any atom is -0.493 e. The molecule has 1 amide bonds. The minimum absolute atomic E-state index is 0.0658. The summed E-state index contributed by atoms with van der Waals surface area (Å²) in [4.78, 5) is 20.4. The third-order valence-electron chi connectivity index (χ3n) is 3.66. The fourth-order valence-electron chi connectivity index (χ4n) is 2.32. The summed E-state index contributed by atoms with van der Waals surface area (Å²) >= 11 is 0. The Labute approximate surface area is 155 Å². The Morgan fingerprint density at radius 1 is 1.00 bits per heavy atom. The number of nitrogens with zero attached hydrogens (tertiary/aromatic N) is 2. The van der Waals surface area contributed by atoms with Crippen LogP contribution in [0.2, 0.25) is 0 Å². The zero-order valence-corrected chi connectivity index (χ0v) is 14.7. The van der Waals surface area contributed by atoms with Crippen LogP contribution in [0.5, 0.6) is 11.5 Å². The van der Waals surface area contributed by atoms with Crippen molar-refractivity contribution in [2.24, 2.45) is 0 Å². The number of benzene rings is 2. The van der Waals surface area contributed by atoms with Gasteiger partial charge in [0.25, 0.3) is 5.91 Å². The fraction of sp³-hybridized carbons (Fsp3) is 0.105. The number of ether oxygens (including phenoxy) is 2. The first-order chi connectivity index (χ1) is 13.1. The number of hydrogen-bond acceptors (Lipinski definition) is 6. The van der Waals surface area contributed by atoms with Gasteiger partial charge in [0.15, 0.2) is 11.5 Å². The van der Waals surface area contributed by atoms with Gasteiger partial charge in [0.1, 0.15) is 17.3 Å². The number of hydrogen-bond donors (Lipinski definition) is 2. The number of carbonyl (C=O) groups is 1. The first-order valence-corrected chi connectivity index (χ1v) is 7.97. The van der Waals surface area contributed by atoms with Gasteiger partial charge in [-0.05, 0) is 24.3 Å². The van der Waals surface area contributed by atoms with Crippen LogP contribution in [0.4, 0.5) is 21.6 Å². The molecule has 7 nitrogen and oxygen atoms in total. The summed E-state index contributed by atoms with van der Waals surface area (Å²) in [6.45, 7) is 0. The molecule has 2 aromatic carbocycles. The molecular formula is C19H17FN4O3. The Hall–Kier alpha value is -3.68. The number of nitrogens with one attached hydrogen (secondary N) is 2. The maximum Gasteiger partial charge on any atom is 0.275 e. The second kappa shape index (κ2) is 8.13. The number of halogens is 1. The Morgan fingerprint density at radius 2 is 1.78 bits per heavy atom. The van der Waals surface area contributed by atoms with E-state index in [9.17, 15) is 9.18 Å². The quantitative estimate of drug-likeness (QED) is 0.691. The van der Waals surface area contributed by atoms with E-state index in [0.29, 0.717) is 23.0 Å². The molecule has 3 rings (SSSR count). The van der Waals surface area contributed by atoms with Crippen LogP contribution < -0.4 is 20.1 Å². The maximum absolute atomic E-state index is 13.6. The van der Waals surface area contributed by atoms with E-state index in [-0.39, 0.29) is 11.4 Å². The number of amides is 1. The zero-order valence-electron chi connectivity index (χ0n) is 14.7. The smallest absolute Gasteiger partial charge is 0.275 e. The number of anilines is 3. The summed E-state index contributed by atoms with van der Waals surface area (Å²) < 4.78 is 24.0. The highest BCUT2D eigenvalue weighted by atomic mass is 19.1. The Kier molecular flexibility index (Phi) is 5.46. The van der Waals surface area contributed by atoms with Crippen molar-refractivity contribution in [1.82, 2.24) is 9.97 Å². The normalized spacial score (nSPS) is 10.2. The van der Waals surface area contributed by atoms with Crippen LogP contribution in [0, 0.1) is 5.82 Å². The van der Waals surface area contributed by atoms with Gasteiger partial charge in [-0.25, -0.2) is 14.4 Å². The minimum atomic E-state index is -0.551. The molecule has 0 bridgehead atoms. The average molecular weight is 368 g/mol. The van der Waals surface area contributed by atoms with Crippen LogP contribution in [0.3, 0.4) is 0 Å². The lowest BCUT2D eigenvalue weighted by Crippen LogP contribution is -2.15. The second-order valence-electron chi connectivity index (χ2n) is 5.42. The van der Waals surface area contributed by atoms with E-state index >= 15 is 0 Å². The van der Waals surface area contributed by atoms with Crippen LogP contribution in [-0.4, -0.2) is 30.1 Å². The fourth-order valence-corrected chi connectivity index (χ4v) is 2.32. The van der Waals surface area contributed by atoms with Gasteiger partial charge in [-0.2, -0.15) is 0 Å². The van der Waals surface area contributed by atoms with Crippen molar-refractivity contribution < 1.29 is 18.7 Å². The molecule has 0 aliphatic rings. The van der Waals surface area contributed by atoms with Gasteiger partial charge in [0.05, 0.1) is 32.3 Å². The van der Waals surface area contributed by atoms with Crippen LogP contribution in [-0.2, 0) is 0 Å². The van der Waals surface area contributed by atoms with Gasteiger partial charge >= 0.3 is 0 Å². The molecule has 0 radical (unpaired) electrons. The second-order valence-corrected chi connectivity index (χ2v) is 5.42. The molecule has 8 heteroatoms. The number of aromatic nitrogens is 2. The molecule has 0 unspecified atom stereocenters. The Balaban J connectivity index is 1.70. The summed E-state index contributed by atoms with van der Waals surface area (Å²) in [5.74, 6) is 0.533. The van der Waals surface area contributed by atoms with Crippen molar-refractivity contribution in [2.45, 2.75) is 0 Å². The topological polar surface area (TPSA) is 85.4 Å². The van der Waals surface area contributed by atoms with E-state index in [1.807, 2.05) is 0 Å². The van der Waals surface area contributed by atoms with Gasteiger partial charge in [-0.1, -0.05) is 12.1 Å². The molecular weight excluding hydrogens is 351 g/mol. The van der Waals surface area contributed by atoms with Crippen molar-refractivity contribution in [3.8, 4) is 11.5 Å². The molecule has 0 aliphatic heterocycles. The molecule has 1 heterocycles. The predicted octanol–water partition coefficient (Wildman–Crippen LogP) is 3.63. The third kappa shape index (κ3) is 4.30. The van der Waals surface area contributed by atoms with E-state index in [1.54, 1.807) is 44.6 Å². The molecule has 0 atom stereocenters. The van der Waals surface area contributed by atoms with Crippen molar-refractivity contribution >= 4 is 23.1 Å². The monoisotopic (exact) mass is 368 g/mol. The highest BCUT2D eigenvalue weighted by Crippen LogP contribution is 2.30. The molecule has 2 N–H and O–H groups in total. The molecule has 0 aliphatic carbocycles. The van der Waals surface area contributed by atoms with Gasteiger partial charge in [-0.15, -0.1) is 0 Å². The standard InChI is InChI=1S/C19H17FN4O3/c1-26-16-8-7-12(9-17(16)27-2)23-18-11-21-15(10-22-18)19(25)24-14-6-4-3-5-13(14)20/h3-11H,1-2H3,(H,22,23)(H,24,25). The molecule has 1 aromatic heterocycles. The molecule has 0 spiro atoms. The first-order valence-electron chi connectivity index (χ1n) is 7.97. The molecule has 3 aromatic rings. The molecule has 138 valence electrons. The van der Waals surface area contributed by atoms with Gasteiger partial charge < -0.3 is 20.1 Å². The van der Waals surface area contributed by atoms with Gasteiger partial charge in [-0.3, -0.25) is 4.79 Å². The van der Waals surface area contributed by atoms with Crippen LogP contribution >= 0.6 is 0 Å². The van der Waals surface area contributed by atoms with Crippen molar-refractivity contribution in [1.29, 1.82) is 0 Å². The van der Waals surface area contributed by atoms with E-state index in [1.165, 1.54) is 24.5 Å². The number of rotatable bonds is 6. The molecule has 27 heavy (non-hydrogen) atoms. The van der Waals surface area contributed by atoms with E-state index in [2.05, 4.69) is 20.6 Å². The number of carbonyl (C=O) groups excluding carboxylic acids is 1. The number of methoxy groups -OCH3 is 2. The summed E-state index contributed by atoms with van der Waals surface area (Å²) in [5, 5.41) is 5.51.